The van der Waals surface area contributed by atoms with Gasteiger partial charge in [0, 0.05) is 28.8 Å². The highest BCUT2D eigenvalue weighted by atomic mass is 35.5. The smallest absolute Gasteiger partial charge is 0.233 e. The topological polar surface area (TPSA) is 46.6 Å². The molecule has 1 aliphatic rings. The zero-order valence-electron chi connectivity index (χ0n) is 23.3. The average Bonchev–Trinajstić information content (AvgIpc) is 3.05. The van der Waals surface area contributed by atoms with Crippen molar-refractivity contribution in [1.29, 1.82) is 0 Å². The third-order valence-corrected chi connectivity index (χ3v) is 8.19. The van der Waals surface area contributed by atoms with Crippen LogP contribution in [0.3, 0.4) is 0 Å². The summed E-state index contributed by atoms with van der Waals surface area (Å²) in [5, 5.41) is -0.477. The number of halogens is 2. The molecule has 214 valence electrons. The van der Waals surface area contributed by atoms with Gasteiger partial charge in [-0.1, -0.05) is 103 Å². The summed E-state index contributed by atoms with van der Waals surface area (Å²) in [6.45, 7) is 0. The lowest BCUT2D eigenvalue weighted by atomic mass is 9.79. The Balaban J connectivity index is 1.39. The average molecular weight is 590 g/mol. The van der Waals surface area contributed by atoms with Crippen LogP contribution < -0.4 is 9.64 Å². The fourth-order valence-electron chi connectivity index (χ4n) is 5.98. The molecule has 1 saturated heterocycles. The fraction of sp³-hybridized carbons (Fsp3) is 0.135. The van der Waals surface area contributed by atoms with Crippen molar-refractivity contribution < 1.29 is 18.7 Å². The third kappa shape index (κ3) is 5.56. The molecule has 0 bridgehead atoms. The number of nitrogens with zero attached hydrogens (tertiary/aromatic N) is 1. The van der Waals surface area contributed by atoms with Crippen molar-refractivity contribution in [3.63, 3.8) is 0 Å². The van der Waals surface area contributed by atoms with Gasteiger partial charge in [-0.2, -0.15) is 0 Å². The molecule has 0 spiro atoms. The first kappa shape index (κ1) is 28.4. The van der Waals surface area contributed by atoms with Crippen LogP contribution in [0.5, 0.6) is 5.75 Å². The molecular weight excluding hydrogens is 561 g/mol. The molecule has 43 heavy (non-hydrogen) atoms. The van der Waals surface area contributed by atoms with Gasteiger partial charge in [-0.05, 0) is 60.0 Å². The minimum atomic E-state index is -0.929. The molecule has 1 fully saturated rings. The van der Waals surface area contributed by atoms with Crippen LogP contribution in [0.4, 0.5) is 10.1 Å². The van der Waals surface area contributed by atoms with E-state index in [4.69, 9.17) is 16.3 Å². The van der Waals surface area contributed by atoms with E-state index in [1.54, 1.807) is 17.0 Å². The normalized spacial score (nSPS) is 16.4. The molecule has 0 radical (unpaired) electrons. The maximum absolute atomic E-state index is 13.7. The number of amides is 1. The molecule has 4 nitrogen and oxygen atoms in total. The lowest BCUT2D eigenvalue weighted by Gasteiger charge is -2.47. The lowest BCUT2D eigenvalue weighted by molar-refractivity contribution is -0.131. The molecule has 6 rings (SSSR count). The number of ether oxygens (including phenoxy) is 1. The molecular formula is C37H29ClFNO3. The van der Waals surface area contributed by atoms with E-state index in [0.29, 0.717) is 17.9 Å². The second kappa shape index (κ2) is 12.2. The van der Waals surface area contributed by atoms with Crippen LogP contribution in [0.2, 0.25) is 0 Å². The van der Waals surface area contributed by atoms with Gasteiger partial charge in [-0.3, -0.25) is 9.59 Å². The first-order chi connectivity index (χ1) is 21.0. The molecule has 0 aromatic heterocycles. The van der Waals surface area contributed by atoms with Crippen LogP contribution in [-0.2, 0) is 15.2 Å². The van der Waals surface area contributed by atoms with Gasteiger partial charge in [-0.25, -0.2) is 4.39 Å². The minimum Gasteiger partial charge on any atom is -0.473 e. The van der Waals surface area contributed by atoms with Crippen LogP contribution >= 0.6 is 11.6 Å². The maximum atomic E-state index is 13.7. The number of rotatable bonds is 10. The monoisotopic (exact) mass is 589 g/mol. The summed E-state index contributed by atoms with van der Waals surface area (Å²) >= 11 is 5.63. The van der Waals surface area contributed by atoms with Gasteiger partial charge < -0.3 is 9.64 Å². The van der Waals surface area contributed by atoms with Crippen LogP contribution in [-0.4, -0.2) is 11.1 Å². The summed E-state index contributed by atoms with van der Waals surface area (Å²) in [6.07, 6.45) is 0.432. The van der Waals surface area contributed by atoms with Crippen molar-refractivity contribution in [3.05, 3.63) is 168 Å². The van der Waals surface area contributed by atoms with Crippen LogP contribution in [0.25, 0.3) is 0 Å². The van der Waals surface area contributed by atoms with E-state index >= 15 is 0 Å². The predicted octanol–water partition coefficient (Wildman–Crippen LogP) is 8.45. The standard InChI is InChI=1S/C37H29ClFNO3/c38-34(41)25-24-33-35(40(36(33)42)31-20-18-30(39)19-21-31)26-16-22-32(23-17-26)43-37(27-10-4-1-5-11-27,28-12-6-2-7-13-28)29-14-8-3-9-15-29/h1-23,33,35H,24-25H2/t33-,35-/m1/s1. The van der Waals surface area contributed by atoms with Gasteiger partial charge in [-0.15, -0.1) is 0 Å². The van der Waals surface area contributed by atoms with Gasteiger partial charge in [0.1, 0.15) is 11.6 Å². The number of hydrogen-bond acceptors (Lipinski definition) is 3. The Bertz CT molecular complexity index is 1600. The van der Waals surface area contributed by atoms with Crippen LogP contribution in [0, 0.1) is 11.7 Å². The number of β-lactam (4-membered cyclic amide) rings is 1. The number of hydrogen-bond donors (Lipinski definition) is 0. The number of carbonyl (C=O) groups is 2. The quantitative estimate of drug-likeness (QED) is 0.0933. The van der Waals surface area contributed by atoms with Crippen molar-refractivity contribution in [3.8, 4) is 5.75 Å². The molecule has 2 atom stereocenters. The summed E-state index contributed by atoms with van der Waals surface area (Å²) in [7, 11) is 0. The highest BCUT2D eigenvalue weighted by molar-refractivity contribution is 6.63. The first-order valence-corrected chi connectivity index (χ1v) is 14.6. The van der Waals surface area contributed by atoms with Crippen molar-refractivity contribution in [2.75, 3.05) is 4.90 Å². The Kier molecular flexibility index (Phi) is 8.08. The van der Waals surface area contributed by atoms with Gasteiger partial charge in [0.2, 0.25) is 11.1 Å². The predicted molar refractivity (Wildman–Crippen MR) is 166 cm³/mol. The molecule has 0 unspecified atom stereocenters. The molecule has 1 amide bonds. The van der Waals surface area contributed by atoms with E-state index in [-0.39, 0.29) is 24.2 Å². The Hall–Kier alpha value is -4.74. The summed E-state index contributed by atoms with van der Waals surface area (Å²) < 4.78 is 20.7. The zero-order chi connectivity index (χ0) is 29.8. The summed E-state index contributed by atoms with van der Waals surface area (Å²) in [5.74, 6) is -0.271. The van der Waals surface area contributed by atoms with E-state index in [0.717, 1.165) is 22.3 Å². The second-order valence-corrected chi connectivity index (χ2v) is 11.0. The first-order valence-electron chi connectivity index (χ1n) is 14.2. The second-order valence-electron chi connectivity index (χ2n) is 10.6. The zero-order valence-corrected chi connectivity index (χ0v) is 24.0. The number of carbonyl (C=O) groups excluding carboxylic acids is 2. The van der Waals surface area contributed by atoms with Crippen LogP contribution in [0.15, 0.2) is 140 Å². The highest BCUT2D eigenvalue weighted by Crippen LogP contribution is 2.47. The number of benzene rings is 5. The Morgan fingerprint density at radius 3 is 1.67 bits per heavy atom. The molecule has 6 heteroatoms. The Morgan fingerprint density at radius 2 is 1.21 bits per heavy atom. The van der Waals surface area contributed by atoms with Crippen molar-refractivity contribution in [2.24, 2.45) is 5.92 Å². The van der Waals surface area contributed by atoms with Crippen molar-refractivity contribution in [1.82, 2.24) is 0 Å². The molecule has 5 aromatic rings. The highest BCUT2D eigenvalue weighted by Gasteiger charge is 2.48. The largest absolute Gasteiger partial charge is 0.473 e. The van der Waals surface area contributed by atoms with Crippen molar-refractivity contribution in [2.45, 2.75) is 24.5 Å². The van der Waals surface area contributed by atoms with E-state index in [9.17, 15) is 14.0 Å². The lowest BCUT2D eigenvalue weighted by Crippen LogP contribution is -2.55. The summed E-state index contributed by atoms with van der Waals surface area (Å²) in [6, 6.07) is 43.6. The van der Waals surface area contributed by atoms with Crippen molar-refractivity contribution >= 4 is 28.4 Å². The summed E-state index contributed by atoms with van der Waals surface area (Å²) in [5.41, 5.74) is 3.49. The van der Waals surface area contributed by atoms with Crippen LogP contribution in [0.1, 0.15) is 41.1 Å². The third-order valence-electron chi connectivity index (χ3n) is 8.00. The molecule has 1 heterocycles. The summed E-state index contributed by atoms with van der Waals surface area (Å²) in [4.78, 5) is 26.4. The van der Waals surface area contributed by atoms with E-state index < -0.39 is 16.8 Å². The Morgan fingerprint density at radius 1 is 0.721 bits per heavy atom. The van der Waals surface area contributed by atoms with Gasteiger partial charge in [0.15, 0.2) is 5.60 Å². The molecule has 1 aliphatic heterocycles. The fourth-order valence-corrected chi connectivity index (χ4v) is 6.08. The van der Waals surface area contributed by atoms with Gasteiger partial charge in [0.05, 0.1) is 12.0 Å². The molecule has 5 aromatic carbocycles. The van der Waals surface area contributed by atoms with Gasteiger partial charge in [0.25, 0.3) is 0 Å². The molecule has 0 N–H and O–H groups in total. The van der Waals surface area contributed by atoms with E-state index in [1.165, 1.54) is 12.1 Å². The Labute approximate surface area is 255 Å². The van der Waals surface area contributed by atoms with E-state index in [1.807, 2.05) is 78.9 Å². The molecule has 0 aliphatic carbocycles. The maximum Gasteiger partial charge on any atom is 0.233 e. The number of anilines is 1. The van der Waals surface area contributed by atoms with Gasteiger partial charge >= 0.3 is 0 Å². The molecule has 0 saturated carbocycles. The SMILES string of the molecule is O=C(Cl)CC[C@H]1C(=O)N(c2ccc(F)cc2)[C@@H]1c1ccc(OC(c2ccccc2)(c2ccccc2)c2ccccc2)cc1. The van der Waals surface area contributed by atoms with E-state index in [2.05, 4.69) is 36.4 Å². The minimum absolute atomic E-state index is 0.0979.